The summed E-state index contributed by atoms with van der Waals surface area (Å²) >= 11 is 0. The van der Waals surface area contributed by atoms with Crippen molar-refractivity contribution < 1.29 is 14.6 Å². The molecule has 1 saturated carbocycles. The van der Waals surface area contributed by atoms with Crippen molar-refractivity contribution in [3.63, 3.8) is 0 Å². The topological polar surface area (TPSA) is 46.5 Å². The smallest absolute Gasteiger partial charge is 0.315 e. The summed E-state index contributed by atoms with van der Waals surface area (Å²) in [6.45, 7) is 7.31. The molecule has 0 aromatic carbocycles. The fourth-order valence-corrected chi connectivity index (χ4v) is 2.15. The lowest BCUT2D eigenvalue weighted by Gasteiger charge is -2.28. The zero-order chi connectivity index (χ0) is 11.3. The molecule has 2 unspecified atom stereocenters. The number of rotatable bonds is 5. The molecule has 0 aromatic heterocycles. The van der Waals surface area contributed by atoms with Crippen LogP contribution in [0, 0.1) is 5.41 Å². The number of aliphatic hydroxyl groups is 1. The molecule has 3 nitrogen and oxygen atoms in total. The summed E-state index contributed by atoms with van der Waals surface area (Å²) in [6, 6.07) is 0. The Balaban J connectivity index is 2.75. The first kappa shape index (κ1) is 12.0. The van der Waals surface area contributed by atoms with E-state index in [2.05, 4.69) is 13.2 Å². The van der Waals surface area contributed by atoms with E-state index in [1.54, 1.807) is 6.08 Å². The summed E-state index contributed by atoms with van der Waals surface area (Å²) < 4.78 is 5.04. The van der Waals surface area contributed by atoms with Gasteiger partial charge in [0.25, 0.3) is 0 Å². The Hall–Kier alpha value is -1.09. The van der Waals surface area contributed by atoms with E-state index in [4.69, 9.17) is 4.74 Å². The highest BCUT2D eigenvalue weighted by Crippen LogP contribution is 2.42. The summed E-state index contributed by atoms with van der Waals surface area (Å²) in [5.74, 6) is -0.327. The fourth-order valence-electron chi connectivity index (χ4n) is 2.15. The summed E-state index contributed by atoms with van der Waals surface area (Å²) in [4.78, 5) is 11.8. The summed E-state index contributed by atoms with van der Waals surface area (Å²) in [5, 5.41) is 9.87. The van der Waals surface area contributed by atoms with Crippen molar-refractivity contribution in [3.8, 4) is 0 Å². The highest BCUT2D eigenvalue weighted by atomic mass is 16.5. The number of hydrogen-bond acceptors (Lipinski definition) is 3. The maximum atomic E-state index is 11.8. The third-order valence-corrected chi connectivity index (χ3v) is 2.99. The maximum absolute atomic E-state index is 11.8. The molecule has 0 spiro atoms. The number of aliphatic hydroxyl groups excluding tert-OH is 1. The molecule has 15 heavy (non-hydrogen) atoms. The Morgan fingerprint density at radius 2 is 2.27 bits per heavy atom. The van der Waals surface area contributed by atoms with Gasteiger partial charge in [-0.1, -0.05) is 18.7 Å². The van der Waals surface area contributed by atoms with E-state index in [1.165, 1.54) is 6.08 Å². The Labute approximate surface area is 90.4 Å². The standard InChI is InChI=1S/C12H18O3/c1-3-7-12(8-5-6-10(12)13)11(14)15-9-4-2/h3-4,10,13H,1-2,5-9H2. The van der Waals surface area contributed by atoms with Crippen molar-refractivity contribution in [1.82, 2.24) is 0 Å². The van der Waals surface area contributed by atoms with Gasteiger partial charge in [-0.15, -0.1) is 6.58 Å². The third-order valence-electron chi connectivity index (χ3n) is 2.99. The van der Waals surface area contributed by atoms with Gasteiger partial charge in [0.15, 0.2) is 0 Å². The zero-order valence-electron chi connectivity index (χ0n) is 8.95. The van der Waals surface area contributed by atoms with Gasteiger partial charge in [0.05, 0.1) is 11.5 Å². The molecule has 1 N–H and O–H groups in total. The van der Waals surface area contributed by atoms with Crippen LogP contribution in [0.15, 0.2) is 25.3 Å². The lowest BCUT2D eigenvalue weighted by atomic mass is 9.81. The monoisotopic (exact) mass is 210 g/mol. The number of esters is 1. The molecule has 1 rings (SSSR count). The first-order chi connectivity index (χ1) is 7.17. The van der Waals surface area contributed by atoms with Gasteiger partial charge >= 0.3 is 5.97 Å². The number of allylic oxidation sites excluding steroid dienone is 1. The second-order valence-corrected chi connectivity index (χ2v) is 3.94. The number of carbonyl (C=O) groups excluding carboxylic acids is 1. The second kappa shape index (κ2) is 5.12. The highest BCUT2D eigenvalue weighted by molar-refractivity contribution is 5.78. The minimum atomic E-state index is -0.759. The van der Waals surface area contributed by atoms with Crippen LogP contribution in [0.5, 0.6) is 0 Å². The van der Waals surface area contributed by atoms with E-state index in [1.807, 2.05) is 0 Å². The van der Waals surface area contributed by atoms with Gasteiger partial charge in [-0.25, -0.2) is 0 Å². The molecular formula is C12H18O3. The lowest BCUT2D eigenvalue weighted by molar-refractivity contribution is -0.160. The van der Waals surface area contributed by atoms with Crippen LogP contribution in [0.3, 0.4) is 0 Å². The van der Waals surface area contributed by atoms with Crippen molar-refractivity contribution >= 4 is 5.97 Å². The van der Waals surface area contributed by atoms with Crippen molar-refractivity contribution in [2.24, 2.45) is 5.41 Å². The van der Waals surface area contributed by atoms with Crippen molar-refractivity contribution in [3.05, 3.63) is 25.3 Å². The van der Waals surface area contributed by atoms with Gasteiger partial charge in [-0.05, 0) is 25.7 Å². The molecule has 1 fully saturated rings. The molecule has 1 aliphatic rings. The minimum absolute atomic E-state index is 0.199. The van der Waals surface area contributed by atoms with Gasteiger partial charge in [0.2, 0.25) is 0 Å². The van der Waals surface area contributed by atoms with Crippen molar-refractivity contribution in [2.75, 3.05) is 6.61 Å². The van der Waals surface area contributed by atoms with Crippen LogP contribution in [-0.4, -0.2) is 23.8 Å². The molecule has 0 saturated heterocycles. The van der Waals surface area contributed by atoms with Crippen molar-refractivity contribution in [2.45, 2.75) is 31.8 Å². The van der Waals surface area contributed by atoms with Gasteiger partial charge in [-0.3, -0.25) is 4.79 Å². The first-order valence-corrected chi connectivity index (χ1v) is 5.24. The van der Waals surface area contributed by atoms with Crippen LogP contribution in [0.25, 0.3) is 0 Å². The van der Waals surface area contributed by atoms with Crippen LogP contribution in [-0.2, 0) is 9.53 Å². The van der Waals surface area contributed by atoms with Crippen LogP contribution in [0.1, 0.15) is 25.7 Å². The van der Waals surface area contributed by atoms with Crippen LogP contribution in [0.4, 0.5) is 0 Å². The molecule has 1 aliphatic carbocycles. The molecule has 3 heteroatoms. The molecule has 0 aromatic rings. The predicted octanol–water partition coefficient (Wildman–Crippen LogP) is 1.82. The van der Waals surface area contributed by atoms with E-state index in [0.717, 1.165) is 6.42 Å². The van der Waals surface area contributed by atoms with E-state index >= 15 is 0 Å². The maximum Gasteiger partial charge on any atom is 0.315 e. The van der Waals surface area contributed by atoms with E-state index in [-0.39, 0.29) is 12.6 Å². The zero-order valence-corrected chi connectivity index (χ0v) is 8.95. The Morgan fingerprint density at radius 3 is 2.73 bits per heavy atom. The normalized spacial score (nSPS) is 29.8. The Kier molecular flexibility index (Phi) is 4.09. The summed E-state index contributed by atoms with van der Waals surface area (Å²) in [7, 11) is 0. The summed E-state index contributed by atoms with van der Waals surface area (Å²) in [5.41, 5.74) is -0.759. The van der Waals surface area contributed by atoms with Gasteiger partial charge < -0.3 is 9.84 Å². The average molecular weight is 210 g/mol. The molecule has 0 bridgehead atoms. The summed E-state index contributed by atoms with van der Waals surface area (Å²) in [6.07, 6.45) is 5.27. The molecular weight excluding hydrogens is 192 g/mol. The molecule has 0 radical (unpaired) electrons. The van der Waals surface area contributed by atoms with Crippen LogP contribution >= 0.6 is 0 Å². The molecule has 84 valence electrons. The number of carbonyl (C=O) groups is 1. The lowest BCUT2D eigenvalue weighted by Crippen LogP contribution is -2.39. The molecule has 0 aliphatic heterocycles. The number of hydrogen-bond donors (Lipinski definition) is 1. The quantitative estimate of drug-likeness (QED) is 0.556. The van der Waals surface area contributed by atoms with E-state index < -0.39 is 11.5 Å². The molecule has 0 amide bonds. The SMILES string of the molecule is C=CCOC(=O)C1(CC=C)CCCC1O. The van der Waals surface area contributed by atoms with Crippen LogP contribution < -0.4 is 0 Å². The third kappa shape index (κ3) is 2.29. The van der Waals surface area contributed by atoms with Gasteiger partial charge in [0, 0.05) is 0 Å². The minimum Gasteiger partial charge on any atom is -0.461 e. The second-order valence-electron chi connectivity index (χ2n) is 3.94. The first-order valence-electron chi connectivity index (χ1n) is 5.24. The van der Waals surface area contributed by atoms with Crippen molar-refractivity contribution in [1.29, 1.82) is 0 Å². The van der Waals surface area contributed by atoms with E-state index in [0.29, 0.717) is 19.3 Å². The molecule has 0 heterocycles. The van der Waals surface area contributed by atoms with E-state index in [9.17, 15) is 9.90 Å². The largest absolute Gasteiger partial charge is 0.461 e. The predicted molar refractivity (Wildman–Crippen MR) is 58.3 cm³/mol. The highest BCUT2D eigenvalue weighted by Gasteiger charge is 2.48. The number of ether oxygens (including phenoxy) is 1. The van der Waals surface area contributed by atoms with Crippen LogP contribution in [0.2, 0.25) is 0 Å². The van der Waals surface area contributed by atoms with Gasteiger partial charge in [0.1, 0.15) is 6.61 Å². The Bertz CT molecular complexity index is 260. The van der Waals surface area contributed by atoms with Gasteiger partial charge in [-0.2, -0.15) is 0 Å². The molecule has 2 atom stereocenters. The Morgan fingerprint density at radius 1 is 1.53 bits per heavy atom. The fraction of sp³-hybridized carbons (Fsp3) is 0.583. The average Bonchev–Trinajstić information content (AvgIpc) is 2.58.